The standard InChI is InChI=1S/C69H120O6/c1-4-7-10-13-15-17-19-21-23-25-27-29-30-31-32-33-34-35-36-37-38-40-41-43-45-47-49-51-53-56-59-62-68(71)74-65-66(64-73-67(70)61-58-55-12-9-6-3)75-69(72)63-60-57-54-52-50-48-46-44-42-39-28-26-24-22-20-18-16-14-11-8-5-2/h8,11,16,18,22,24-25,27-28,39,44,46,50,52,66H,4-7,9-10,12-15,17,19-21,23,26,29-38,40-43,45,47-49,51,53-65H2,1-3H3/b11-8-,18-16-,24-22-,27-25-,39-28-,46-44-,52-50-. The lowest BCUT2D eigenvalue weighted by atomic mass is 10.0. The highest BCUT2D eigenvalue weighted by atomic mass is 16.6. The van der Waals surface area contributed by atoms with Gasteiger partial charge < -0.3 is 14.2 Å². The maximum Gasteiger partial charge on any atom is 0.306 e. The van der Waals surface area contributed by atoms with Crippen LogP contribution in [0.2, 0.25) is 0 Å². The van der Waals surface area contributed by atoms with Crippen LogP contribution in [0, 0.1) is 0 Å². The Morgan fingerprint density at radius 2 is 0.520 bits per heavy atom. The van der Waals surface area contributed by atoms with Gasteiger partial charge in [0, 0.05) is 19.3 Å². The molecule has 0 aromatic rings. The molecule has 432 valence electrons. The summed E-state index contributed by atoms with van der Waals surface area (Å²) < 4.78 is 16.7. The normalized spacial score (nSPS) is 12.6. The van der Waals surface area contributed by atoms with Gasteiger partial charge in [-0.15, -0.1) is 0 Å². The molecule has 0 aliphatic rings. The molecule has 6 nitrogen and oxygen atoms in total. The first-order valence-corrected chi connectivity index (χ1v) is 32.1. The van der Waals surface area contributed by atoms with Crippen LogP contribution in [0.4, 0.5) is 0 Å². The first-order chi connectivity index (χ1) is 37.0. The molecule has 1 atom stereocenters. The summed E-state index contributed by atoms with van der Waals surface area (Å²) in [5.41, 5.74) is 0. The summed E-state index contributed by atoms with van der Waals surface area (Å²) in [6, 6.07) is 0. The number of unbranched alkanes of at least 4 members (excludes halogenated alkanes) is 33. The van der Waals surface area contributed by atoms with E-state index >= 15 is 0 Å². The van der Waals surface area contributed by atoms with Crippen LogP contribution < -0.4 is 0 Å². The van der Waals surface area contributed by atoms with Crippen molar-refractivity contribution in [3.8, 4) is 0 Å². The molecule has 0 bridgehead atoms. The van der Waals surface area contributed by atoms with E-state index in [0.29, 0.717) is 19.3 Å². The van der Waals surface area contributed by atoms with Crippen molar-refractivity contribution in [2.45, 2.75) is 322 Å². The van der Waals surface area contributed by atoms with Gasteiger partial charge in [-0.1, -0.05) is 286 Å². The van der Waals surface area contributed by atoms with Gasteiger partial charge in [-0.05, 0) is 96.3 Å². The van der Waals surface area contributed by atoms with Gasteiger partial charge in [0.15, 0.2) is 6.10 Å². The third-order valence-electron chi connectivity index (χ3n) is 13.9. The molecule has 0 spiro atoms. The highest BCUT2D eigenvalue weighted by Gasteiger charge is 2.19. The second kappa shape index (κ2) is 63.1. The van der Waals surface area contributed by atoms with Crippen molar-refractivity contribution in [1.82, 2.24) is 0 Å². The minimum Gasteiger partial charge on any atom is -0.462 e. The second-order valence-electron chi connectivity index (χ2n) is 21.3. The van der Waals surface area contributed by atoms with Crippen molar-refractivity contribution in [3.05, 3.63) is 85.1 Å². The summed E-state index contributed by atoms with van der Waals surface area (Å²) in [7, 11) is 0. The van der Waals surface area contributed by atoms with Crippen LogP contribution in [0.3, 0.4) is 0 Å². The molecule has 75 heavy (non-hydrogen) atoms. The summed E-state index contributed by atoms with van der Waals surface area (Å²) in [6.45, 7) is 6.43. The summed E-state index contributed by atoms with van der Waals surface area (Å²) in [5, 5.41) is 0. The topological polar surface area (TPSA) is 78.9 Å². The molecule has 0 heterocycles. The van der Waals surface area contributed by atoms with Crippen molar-refractivity contribution in [3.63, 3.8) is 0 Å². The Morgan fingerprint density at radius 1 is 0.280 bits per heavy atom. The summed E-state index contributed by atoms with van der Waals surface area (Å²) in [4.78, 5) is 37.9. The number of hydrogen-bond acceptors (Lipinski definition) is 6. The monoisotopic (exact) mass is 1040 g/mol. The SMILES string of the molecule is CC/C=C\C/C=C\C/C=C\C/C=C\C/C=C\C/C=C\CCCCC(=O)OC(COC(=O)CCCCCCC)COC(=O)CCCCCCCCCCCCCCCCCCCCC/C=C\CCCCCCCCCC. The van der Waals surface area contributed by atoms with Crippen LogP contribution in [0.1, 0.15) is 316 Å². The molecule has 0 aromatic heterocycles. The number of esters is 3. The zero-order valence-electron chi connectivity index (χ0n) is 49.6. The number of ether oxygens (including phenoxy) is 3. The number of rotatable bonds is 58. The molecule has 0 fully saturated rings. The smallest absolute Gasteiger partial charge is 0.306 e. The number of carbonyl (C=O) groups is 3. The maximum atomic E-state index is 12.8. The lowest BCUT2D eigenvalue weighted by Gasteiger charge is -2.18. The van der Waals surface area contributed by atoms with Gasteiger partial charge in [0.2, 0.25) is 0 Å². The zero-order valence-corrected chi connectivity index (χ0v) is 49.6. The minimum absolute atomic E-state index is 0.0923. The number of hydrogen-bond donors (Lipinski definition) is 0. The van der Waals surface area contributed by atoms with E-state index < -0.39 is 6.10 Å². The Hall–Kier alpha value is -3.41. The number of carbonyl (C=O) groups excluding carboxylic acids is 3. The Bertz CT molecular complexity index is 1430. The van der Waals surface area contributed by atoms with Crippen LogP contribution >= 0.6 is 0 Å². The van der Waals surface area contributed by atoms with Crippen LogP contribution in [0.15, 0.2) is 85.1 Å². The molecule has 0 radical (unpaired) electrons. The van der Waals surface area contributed by atoms with Crippen molar-refractivity contribution in [1.29, 1.82) is 0 Å². The highest BCUT2D eigenvalue weighted by molar-refractivity contribution is 5.71. The van der Waals surface area contributed by atoms with Crippen molar-refractivity contribution in [2.75, 3.05) is 13.2 Å². The average Bonchev–Trinajstić information content (AvgIpc) is 3.41. The van der Waals surface area contributed by atoms with Gasteiger partial charge in [0.25, 0.3) is 0 Å². The van der Waals surface area contributed by atoms with Crippen molar-refractivity contribution < 1.29 is 28.6 Å². The van der Waals surface area contributed by atoms with Gasteiger partial charge >= 0.3 is 17.9 Å². The summed E-state index contributed by atoms with van der Waals surface area (Å²) in [5.74, 6) is -0.942. The van der Waals surface area contributed by atoms with Crippen LogP contribution in [0.25, 0.3) is 0 Å². The first kappa shape index (κ1) is 71.6. The Morgan fingerprint density at radius 3 is 0.853 bits per heavy atom. The van der Waals surface area contributed by atoms with Crippen molar-refractivity contribution >= 4 is 17.9 Å². The molecule has 0 saturated heterocycles. The van der Waals surface area contributed by atoms with Crippen molar-refractivity contribution in [2.24, 2.45) is 0 Å². The fourth-order valence-corrected chi connectivity index (χ4v) is 9.09. The lowest BCUT2D eigenvalue weighted by molar-refractivity contribution is -0.167. The highest BCUT2D eigenvalue weighted by Crippen LogP contribution is 2.17. The molecule has 0 amide bonds. The largest absolute Gasteiger partial charge is 0.462 e. The molecule has 0 saturated carbocycles. The fraction of sp³-hybridized carbons (Fsp3) is 0.754. The van der Waals surface area contributed by atoms with E-state index in [-0.39, 0.29) is 37.5 Å². The molecular weight excluding hydrogens is 925 g/mol. The molecule has 1 unspecified atom stereocenters. The lowest BCUT2D eigenvalue weighted by Crippen LogP contribution is -2.30. The molecule has 6 heteroatoms. The van der Waals surface area contributed by atoms with E-state index in [1.54, 1.807) is 0 Å². The average molecular weight is 1050 g/mol. The summed E-state index contributed by atoms with van der Waals surface area (Å²) in [6.07, 6.45) is 83.8. The van der Waals surface area contributed by atoms with E-state index in [2.05, 4.69) is 106 Å². The summed E-state index contributed by atoms with van der Waals surface area (Å²) >= 11 is 0. The minimum atomic E-state index is -0.796. The van der Waals surface area contributed by atoms with E-state index in [9.17, 15) is 14.4 Å². The first-order valence-electron chi connectivity index (χ1n) is 32.1. The molecule has 0 aromatic carbocycles. The predicted octanol–water partition coefficient (Wildman–Crippen LogP) is 21.9. The van der Waals surface area contributed by atoms with Crippen LogP contribution in [-0.4, -0.2) is 37.2 Å². The molecule has 0 rings (SSSR count). The Balaban J connectivity index is 4.03. The predicted molar refractivity (Wildman–Crippen MR) is 325 cm³/mol. The Kier molecular flexibility index (Phi) is 60.3. The number of allylic oxidation sites excluding steroid dienone is 14. The van der Waals surface area contributed by atoms with Crippen LogP contribution in [0.5, 0.6) is 0 Å². The molecule has 0 aliphatic heterocycles. The Labute approximate surface area is 465 Å². The second-order valence-corrected chi connectivity index (χ2v) is 21.3. The van der Waals surface area contributed by atoms with Gasteiger partial charge in [-0.2, -0.15) is 0 Å². The van der Waals surface area contributed by atoms with E-state index in [1.165, 1.54) is 173 Å². The molecule has 0 aliphatic carbocycles. The maximum absolute atomic E-state index is 12.8. The van der Waals surface area contributed by atoms with E-state index in [0.717, 1.165) is 96.3 Å². The van der Waals surface area contributed by atoms with Gasteiger partial charge in [0.05, 0.1) is 0 Å². The van der Waals surface area contributed by atoms with Gasteiger partial charge in [0.1, 0.15) is 13.2 Å². The van der Waals surface area contributed by atoms with E-state index in [1.807, 2.05) is 0 Å². The fourth-order valence-electron chi connectivity index (χ4n) is 9.09. The van der Waals surface area contributed by atoms with Crippen LogP contribution in [-0.2, 0) is 28.6 Å². The quantitative estimate of drug-likeness (QED) is 0.0261. The molecular formula is C69H120O6. The zero-order chi connectivity index (χ0) is 54.3. The third kappa shape index (κ3) is 61.3. The van der Waals surface area contributed by atoms with E-state index in [4.69, 9.17) is 14.2 Å². The van der Waals surface area contributed by atoms with Gasteiger partial charge in [-0.25, -0.2) is 0 Å². The molecule has 0 N–H and O–H groups in total. The van der Waals surface area contributed by atoms with Gasteiger partial charge in [-0.3, -0.25) is 14.4 Å². The third-order valence-corrected chi connectivity index (χ3v) is 13.9.